The quantitative estimate of drug-likeness (QED) is 0.563. The number of hydrogen-bond acceptors (Lipinski definition) is 5. The van der Waals surface area contributed by atoms with Gasteiger partial charge in [-0.3, -0.25) is 4.79 Å². The highest BCUT2D eigenvalue weighted by Crippen LogP contribution is 2.29. The number of hydrogen-bond donors (Lipinski definition) is 4. The molecule has 2 aromatic rings. The third-order valence-corrected chi connectivity index (χ3v) is 5.60. The summed E-state index contributed by atoms with van der Waals surface area (Å²) in [5.74, 6) is 2.08. The summed E-state index contributed by atoms with van der Waals surface area (Å²) in [5.41, 5.74) is 9.58. The van der Waals surface area contributed by atoms with Gasteiger partial charge in [0.05, 0.1) is 6.04 Å². The van der Waals surface area contributed by atoms with Crippen LogP contribution in [0, 0.1) is 6.92 Å². The van der Waals surface area contributed by atoms with Crippen LogP contribution >= 0.6 is 11.8 Å². The predicted octanol–water partition coefficient (Wildman–Crippen LogP) is 2.66. The fourth-order valence-corrected chi connectivity index (χ4v) is 3.97. The fourth-order valence-electron chi connectivity index (χ4n) is 3.04. The van der Waals surface area contributed by atoms with Gasteiger partial charge in [-0.05, 0) is 30.5 Å². The number of para-hydroxylation sites is 1. The maximum atomic E-state index is 12.3. The minimum Gasteiger partial charge on any atom is -0.508 e. The van der Waals surface area contributed by atoms with E-state index in [0.29, 0.717) is 13.0 Å². The Morgan fingerprint density at radius 1 is 1.19 bits per heavy atom. The second kappa shape index (κ2) is 9.07. The van der Waals surface area contributed by atoms with Gasteiger partial charge in [0.15, 0.2) is 0 Å². The Hall–Kier alpha value is -2.02. The average molecular weight is 372 g/mol. The van der Waals surface area contributed by atoms with Crippen molar-refractivity contribution in [1.29, 1.82) is 0 Å². The second-order valence-corrected chi connectivity index (χ2v) is 7.56. The van der Waals surface area contributed by atoms with Crippen LogP contribution in [-0.2, 0) is 10.5 Å². The molecule has 1 saturated heterocycles. The summed E-state index contributed by atoms with van der Waals surface area (Å²) in [4.78, 5) is 12.3. The van der Waals surface area contributed by atoms with E-state index in [1.807, 2.05) is 23.9 Å². The van der Waals surface area contributed by atoms with Crippen molar-refractivity contribution in [3.05, 3.63) is 65.2 Å². The summed E-state index contributed by atoms with van der Waals surface area (Å²) in [6.07, 6.45) is 0.611. The van der Waals surface area contributed by atoms with E-state index in [1.54, 1.807) is 12.1 Å². The number of nitrogens with one attached hydrogen (secondary N) is 3. The van der Waals surface area contributed by atoms with Crippen LogP contribution < -0.4 is 16.2 Å². The van der Waals surface area contributed by atoms with Crippen molar-refractivity contribution in [1.82, 2.24) is 16.2 Å². The molecule has 0 aliphatic carbocycles. The van der Waals surface area contributed by atoms with Crippen molar-refractivity contribution in [2.24, 2.45) is 0 Å². The zero-order valence-corrected chi connectivity index (χ0v) is 15.7. The van der Waals surface area contributed by atoms with Crippen LogP contribution in [0.5, 0.6) is 5.75 Å². The lowest BCUT2D eigenvalue weighted by molar-refractivity contribution is -0.122. The minimum atomic E-state index is -0.291. The van der Waals surface area contributed by atoms with Crippen LogP contribution in [0.1, 0.15) is 29.2 Å². The maximum Gasteiger partial charge on any atom is 0.238 e. The van der Waals surface area contributed by atoms with Crippen LogP contribution in [0.25, 0.3) is 0 Å². The molecule has 0 aromatic heterocycles. The van der Waals surface area contributed by atoms with E-state index in [9.17, 15) is 9.90 Å². The SMILES string of the molecule is Cc1ccccc1CSCCNC(=O)C1CC(c2ccccc2O)NN1. The molecular formula is C20H25N3O2S. The molecule has 2 aromatic carbocycles. The van der Waals surface area contributed by atoms with Gasteiger partial charge in [-0.25, -0.2) is 10.9 Å². The third kappa shape index (κ3) is 4.78. The molecule has 6 heteroatoms. The smallest absolute Gasteiger partial charge is 0.238 e. The molecule has 2 atom stereocenters. The molecule has 1 heterocycles. The molecule has 1 fully saturated rings. The van der Waals surface area contributed by atoms with E-state index in [4.69, 9.17) is 0 Å². The zero-order valence-electron chi connectivity index (χ0n) is 14.9. The Labute approximate surface area is 158 Å². The lowest BCUT2D eigenvalue weighted by Crippen LogP contribution is -2.43. The first kappa shape index (κ1) is 18.8. The zero-order chi connectivity index (χ0) is 18.4. The number of rotatable bonds is 7. The molecule has 1 aliphatic heterocycles. The van der Waals surface area contributed by atoms with Crippen LogP contribution in [0.4, 0.5) is 0 Å². The molecule has 1 aliphatic rings. The fraction of sp³-hybridized carbons (Fsp3) is 0.350. The molecule has 0 spiro atoms. The van der Waals surface area contributed by atoms with E-state index in [-0.39, 0.29) is 23.7 Å². The topological polar surface area (TPSA) is 73.4 Å². The first-order valence-corrected chi connectivity index (χ1v) is 9.99. The average Bonchev–Trinajstić information content (AvgIpc) is 3.13. The molecule has 2 unspecified atom stereocenters. The van der Waals surface area contributed by atoms with Crippen molar-refractivity contribution < 1.29 is 9.90 Å². The van der Waals surface area contributed by atoms with E-state index in [0.717, 1.165) is 17.1 Å². The number of benzene rings is 2. The summed E-state index contributed by atoms with van der Waals surface area (Å²) in [6.45, 7) is 2.77. The summed E-state index contributed by atoms with van der Waals surface area (Å²) in [7, 11) is 0. The molecule has 138 valence electrons. The van der Waals surface area contributed by atoms with Gasteiger partial charge in [-0.15, -0.1) is 0 Å². The maximum absolute atomic E-state index is 12.3. The number of aromatic hydroxyl groups is 1. The number of thioether (sulfide) groups is 1. The highest BCUT2D eigenvalue weighted by molar-refractivity contribution is 7.98. The van der Waals surface area contributed by atoms with E-state index >= 15 is 0 Å². The number of amides is 1. The minimum absolute atomic E-state index is 0.00749. The predicted molar refractivity (Wildman–Crippen MR) is 106 cm³/mol. The summed E-state index contributed by atoms with van der Waals surface area (Å²) < 4.78 is 0. The number of aryl methyl sites for hydroxylation is 1. The first-order chi connectivity index (χ1) is 12.6. The van der Waals surface area contributed by atoms with Crippen molar-refractivity contribution in [2.45, 2.75) is 31.2 Å². The van der Waals surface area contributed by atoms with E-state index < -0.39 is 0 Å². The van der Waals surface area contributed by atoms with Gasteiger partial charge in [0.25, 0.3) is 0 Å². The lowest BCUT2D eigenvalue weighted by Gasteiger charge is -2.12. The van der Waals surface area contributed by atoms with Crippen LogP contribution in [0.15, 0.2) is 48.5 Å². The highest BCUT2D eigenvalue weighted by Gasteiger charge is 2.30. The number of phenolic OH excluding ortho intramolecular Hbond substituents is 1. The molecule has 0 radical (unpaired) electrons. The first-order valence-electron chi connectivity index (χ1n) is 8.84. The van der Waals surface area contributed by atoms with Crippen molar-refractivity contribution in [2.75, 3.05) is 12.3 Å². The Kier molecular flexibility index (Phi) is 6.55. The van der Waals surface area contributed by atoms with Crippen molar-refractivity contribution in [3.63, 3.8) is 0 Å². The Bertz CT molecular complexity index is 753. The molecule has 4 N–H and O–H groups in total. The number of hydrazine groups is 1. The Balaban J connectivity index is 1.38. The van der Waals surface area contributed by atoms with Crippen LogP contribution in [-0.4, -0.2) is 29.4 Å². The molecule has 1 amide bonds. The molecule has 26 heavy (non-hydrogen) atoms. The van der Waals surface area contributed by atoms with Gasteiger partial charge in [0.1, 0.15) is 11.8 Å². The standard InChI is InChI=1S/C20H25N3O2S/c1-14-6-2-3-7-15(14)13-26-11-10-21-20(25)18-12-17(22-23-18)16-8-4-5-9-19(16)24/h2-9,17-18,22-24H,10-13H2,1H3,(H,21,25). The lowest BCUT2D eigenvalue weighted by atomic mass is 10.0. The van der Waals surface area contributed by atoms with Gasteiger partial charge in [0, 0.05) is 23.6 Å². The molecule has 0 saturated carbocycles. The summed E-state index contributed by atoms with van der Waals surface area (Å²) in [6, 6.07) is 15.2. The van der Waals surface area contributed by atoms with Crippen LogP contribution in [0.3, 0.4) is 0 Å². The summed E-state index contributed by atoms with van der Waals surface area (Å²) >= 11 is 1.82. The van der Waals surface area contributed by atoms with E-state index in [1.165, 1.54) is 11.1 Å². The molecule has 3 rings (SSSR count). The van der Waals surface area contributed by atoms with Gasteiger partial charge in [-0.2, -0.15) is 11.8 Å². The van der Waals surface area contributed by atoms with Crippen molar-refractivity contribution >= 4 is 17.7 Å². The number of carbonyl (C=O) groups excluding carboxylic acids is 1. The van der Waals surface area contributed by atoms with Gasteiger partial charge >= 0.3 is 0 Å². The normalized spacial score (nSPS) is 19.4. The monoisotopic (exact) mass is 371 g/mol. The van der Waals surface area contributed by atoms with Gasteiger partial charge in [0.2, 0.25) is 5.91 Å². The second-order valence-electron chi connectivity index (χ2n) is 6.46. The molecule has 5 nitrogen and oxygen atoms in total. The third-order valence-electron chi connectivity index (χ3n) is 4.60. The number of carbonyl (C=O) groups is 1. The van der Waals surface area contributed by atoms with Gasteiger partial charge < -0.3 is 10.4 Å². The summed E-state index contributed by atoms with van der Waals surface area (Å²) in [5, 5.41) is 12.9. The van der Waals surface area contributed by atoms with Crippen LogP contribution in [0.2, 0.25) is 0 Å². The number of phenols is 1. The van der Waals surface area contributed by atoms with Gasteiger partial charge in [-0.1, -0.05) is 42.5 Å². The molecular weight excluding hydrogens is 346 g/mol. The largest absolute Gasteiger partial charge is 0.508 e. The van der Waals surface area contributed by atoms with E-state index in [2.05, 4.69) is 47.4 Å². The Morgan fingerprint density at radius 2 is 1.96 bits per heavy atom. The Morgan fingerprint density at radius 3 is 2.77 bits per heavy atom. The van der Waals surface area contributed by atoms with Crippen molar-refractivity contribution in [3.8, 4) is 5.75 Å². The molecule has 0 bridgehead atoms. The highest BCUT2D eigenvalue weighted by atomic mass is 32.2.